The average molecular weight is 321 g/mol. The molecule has 2 heterocycles. The van der Waals surface area contributed by atoms with E-state index in [4.69, 9.17) is 4.74 Å². The zero-order valence-electron chi connectivity index (χ0n) is 13.6. The van der Waals surface area contributed by atoms with Crippen LogP contribution in [0.4, 0.5) is 0 Å². The van der Waals surface area contributed by atoms with E-state index < -0.39 is 6.04 Å². The molecule has 122 valence electrons. The van der Waals surface area contributed by atoms with Gasteiger partial charge in [-0.15, -0.1) is 0 Å². The summed E-state index contributed by atoms with van der Waals surface area (Å²) >= 11 is 0. The van der Waals surface area contributed by atoms with Crippen LogP contribution in [0.3, 0.4) is 0 Å². The summed E-state index contributed by atoms with van der Waals surface area (Å²) in [6, 6.07) is 14.9. The summed E-state index contributed by atoms with van der Waals surface area (Å²) in [6.45, 7) is 0.602. The Morgan fingerprint density at radius 1 is 1.04 bits per heavy atom. The molecule has 2 aliphatic heterocycles. The highest BCUT2D eigenvalue weighted by molar-refractivity contribution is 6.16. The van der Waals surface area contributed by atoms with E-state index >= 15 is 0 Å². The number of nitrogens with zero attached hydrogens (tertiary/aromatic N) is 1. The first-order valence-corrected chi connectivity index (χ1v) is 8.21. The largest absolute Gasteiger partial charge is 0.497 e. The number of hydrogen-bond donors (Lipinski definition) is 0. The molecule has 4 rings (SSSR count). The highest BCUT2D eigenvalue weighted by Crippen LogP contribution is 2.33. The van der Waals surface area contributed by atoms with Crippen LogP contribution in [0.2, 0.25) is 0 Å². The number of ether oxygens (including phenoxy) is 1. The van der Waals surface area contributed by atoms with Crippen molar-refractivity contribution in [2.24, 2.45) is 0 Å². The van der Waals surface area contributed by atoms with Gasteiger partial charge in [0.05, 0.1) is 7.11 Å². The van der Waals surface area contributed by atoms with E-state index in [9.17, 15) is 9.59 Å². The molecule has 0 N–H and O–H groups in total. The molecular weight excluding hydrogens is 302 g/mol. The minimum Gasteiger partial charge on any atom is -0.497 e. The molecule has 4 nitrogen and oxygen atoms in total. The minimum absolute atomic E-state index is 0.0491. The second-order valence-electron chi connectivity index (χ2n) is 6.47. The van der Waals surface area contributed by atoms with Crippen molar-refractivity contribution in [2.75, 3.05) is 7.11 Å². The third-order valence-corrected chi connectivity index (χ3v) is 5.05. The fourth-order valence-electron chi connectivity index (χ4n) is 3.85. The van der Waals surface area contributed by atoms with Gasteiger partial charge in [-0.3, -0.25) is 14.5 Å². The lowest BCUT2D eigenvalue weighted by molar-refractivity contribution is -0.118. The maximum Gasteiger partial charge on any atom is 0.187 e. The maximum absolute atomic E-state index is 12.9. The SMILES string of the molecule is COc1ccc(CN2C3CC(=O)C2C(=O)c2ccccc2C3)cc1. The fraction of sp³-hybridized carbons (Fsp3) is 0.300. The summed E-state index contributed by atoms with van der Waals surface area (Å²) < 4.78 is 5.19. The Morgan fingerprint density at radius 3 is 2.54 bits per heavy atom. The summed E-state index contributed by atoms with van der Waals surface area (Å²) in [4.78, 5) is 27.4. The second-order valence-corrected chi connectivity index (χ2v) is 6.47. The summed E-state index contributed by atoms with van der Waals surface area (Å²) in [5, 5.41) is 0. The van der Waals surface area contributed by atoms with Crippen molar-refractivity contribution in [1.82, 2.24) is 4.90 Å². The Hall–Kier alpha value is -2.46. The molecule has 2 aromatic carbocycles. The van der Waals surface area contributed by atoms with Crippen LogP contribution in [0.15, 0.2) is 48.5 Å². The Balaban J connectivity index is 1.67. The van der Waals surface area contributed by atoms with Gasteiger partial charge >= 0.3 is 0 Å². The van der Waals surface area contributed by atoms with Crippen LogP contribution in [0.5, 0.6) is 5.75 Å². The summed E-state index contributed by atoms with van der Waals surface area (Å²) in [6.07, 6.45) is 1.21. The molecule has 2 aromatic rings. The Bertz CT molecular complexity index is 797. The lowest BCUT2D eigenvalue weighted by atomic mass is 9.92. The summed E-state index contributed by atoms with van der Waals surface area (Å²) in [5.74, 6) is 0.800. The lowest BCUT2D eigenvalue weighted by Crippen LogP contribution is -2.41. The first-order chi connectivity index (χ1) is 11.7. The summed E-state index contributed by atoms with van der Waals surface area (Å²) in [7, 11) is 1.64. The molecule has 24 heavy (non-hydrogen) atoms. The van der Waals surface area contributed by atoms with Crippen molar-refractivity contribution >= 4 is 11.6 Å². The first kappa shape index (κ1) is 15.1. The van der Waals surface area contributed by atoms with E-state index in [0.29, 0.717) is 18.5 Å². The van der Waals surface area contributed by atoms with E-state index in [2.05, 4.69) is 4.90 Å². The van der Waals surface area contributed by atoms with E-state index in [1.807, 2.05) is 48.5 Å². The van der Waals surface area contributed by atoms with E-state index in [1.165, 1.54) is 0 Å². The molecule has 0 spiro atoms. The number of carbonyl (C=O) groups excluding carboxylic acids is 2. The number of fused-ring (bicyclic) bond motifs is 3. The fourth-order valence-corrected chi connectivity index (χ4v) is 3.85. The van der Waals surface area contributed by atoms with Gasteiger partial charge in [-0.25, -0.2) is 0 Å². The van der Waals surface area contributed by atoms with Crippen molar-refractivity contribution in [1.29, 1.82) is 0 Å². The van der Waals surface area contributed by atoms with Crippen molar-refractivity contribution in [3.63, 3.8) is 0 Å². The van der Waals surface area contributed by atoms with Crippen LogP contribution in [0.25, 0.3) is 0 Å². The van der Waals surface area contributed by atoms with Gasteiger partial charge in [-0.2, -0.15) is 0 Å². The van der Waals surface area contributed by atoms with Crippen LogP contribution in [0.1, 0.15) is 27.9 Å². The summed E-state index contributed by atoms with van der Waals surface area (Å²) in [5.41, 5.74) is 2.85. The molecule has 0 aliphatic carbocycles. The molecule has 0 aromatic heterocycles. The zero-order valence-corrected chi connectivity index (χ0v) is 13.6. The molecule has 0 radical (unpaired) electrons. The number of benzene rings is 2. The number of carbonyl (C=O) groups is 2. The van der Waals surface area contributed by atoms with Crippen molar-refractivity contribution in [2.45, 2.75) is 31.5 Å². The van der Waals surface area contributed by atoms with Gasteiger partial charge in [-0.1, -0.05) is 36.4 Å². The Morgan fingerprint density at radius 2 is 1.79 bits per heavy atom. The quantitative estimate of drug-likeness (QED) is 0.816. The molecule has 0 amide bonds. The molecular formula is C20H19NO3. The highest BCUT2D eigenvalue weighted by Gasteiger charge is 2.47. The van der Waals surface area contributed by atoms with Gasteiger partial charge in [0, 0.05) is 24.6 Å². The molecule has 2 aliphatic rings. The number of ketones is 2. The molecule has 2 atom stereocenters. The molecule has 2 unspecified atom stereocenters. The van der Waals surface area contributed by atoms with Crippen molar-refractivity contribution in [3.8, 4) is 5.75 Å². The smallest absolute Gasteiger partial charge is 0.187 e. The lowest BCUT2D eigenvalue weighted by Gasteiger charge is -2.26. The number of hydrogen-bond acceptors (Lipinski definition) is 4. The van der Waals surface area contributed by atoms with Crippen LogP contribution in [0, 0.1) is 0 Å². The predicted molar refractivity (Wildman–Crippen MR) is 90.2 cm³/mol. The van der Waals surface area contributed by atoms with E-state index in [1.54, 1.807) is 7.11 Å². The van der Waals surface area contributed by atoms with Crippen LogP contribution < -0.4 is 4.74 Å². The normalized spacial score (nSPS) is 23.0. The first-order valence-electron chi connectivity index (χ1n) is 8.21. The second kappa shape index (κ2) is 5.87. The van der Waals surface area contributed by atoms with Gasteiger partial charge < -0.3 is 4.74 Å². The molecule has 2 bridgehead atoms. The van der Waals surface area contributed by atoms with Gasteiger partial charge in [0.15, 0.2) is 11.6 Å². The van der Waals surface area contributed by atoms with Crippen LogP contribution in [-0.4, -0.2) is 35.7 Å². The topological polar surface area (TPSA) is 46.6 Å². The van der Waals surface area contributed by atoms with Gasteiger partial charge in [0.1, 0.15) is 11.8 Å². The van der Waals surface area contributed by atoms with Gasteiger partial charge in [0.2, 0.25) is 0 Å². The van der Waals surface area contributed by atoms with Gasteiger partial charge in [-0.05, 0) is 29.7 Å². The third kappa shape index (κ3) is 2.43. The molecule has 1 fully saturated rings. The van der Waals surface area contributed by atoms with Crippen molar-refractivity contribution < 1.29 is 14.3 Å². The molecule has 0 saturated carbocycles. The Kier molecular flexibility index (Phi) is 3.69. The van der Waals surface area contributed by atoms with Crippen molar-refractivity contribution in [3.05, 3.63) is 65.2 Å². The van der Waals surface area contributed by atoms with E-state index in [-0.39, 0.29) is 17.6 Å². The highest BCUT2D eigenvalue weighted by atomic mass is 16.5. The number of Topliss-reactive ketones (excluding diaryl/α,β-unsaturated/α-hetero) is 2. The molecule has 4 heteroatoms. The van der Waals surface area contributed by atoms with E-state index in [0.717, 1.165) is 23.3 Å². The number of methoxy groups -OCH3 is 1. The Labute approximate surface area is 141 Å². The molecule has 1 saturated heterocycles. The standard InChI is InChI=1S/C20H19NO3/c1-24-16-8-6-13(7-9-16)12-21-15-10-14-4-2-3-5-17(14)20(23)19(21)18(22)11-15/h2-9,15,19H,10-12H2,1H3. The zero-order chi connectivity index (χ0) is 16.7. The average Bonchev–Trinajstić information content (AvgIpc) is 2.84. The predicted octanol–water partition coefficient (Wildman–Crippen LogP) is 2.65. The van der Waals surface area contributed by atoms with Crippen LogP contribution >= 0.6 is 0 Å². The third-order valence-electron chi connectivity index (χ3n) is 5.05. The van der Waals surface area contributed by atoms with Gasteiger partial charge in [0.25, 0.3) is 0 Å². The van der Waals surface area contributed by atoms with Crippen LogP contribution in [-0.2, 0) is 17.8 Å². The number of rotatable bonds is 3. The maximum atomic E-state index is 12.9. The minimum atomic E-state index is -0.638. The monoisotopic (exact) mass is 321 g/mol.